The van der Waals surface area contributed by atoms with Crippen molar-refractivity contribution >= 4 is 34.0 Å². The maximum Gasteiger partial charge on any atom is 0 e. The van der Waals surface area contributed by atoms with Crippen molar-refractivity contribution in [1.82, 2.24) is 0 Å². The number of halogens is 2. The fourth-order valence-corrected chi connectivity index (χ4v) is 0. The Morgan fingerprint density at radius 1 is 0.800 bits per heavy atom. The third kappa shape index (κ3) is 18.7. The molecule has 0 saturated carbocycles. The Balaban J connectivity index is 0. The van der Waals surface area contributed by atoms with Crippen molar-refractivity contribution in [3.63, 3.8) is 0 Å². The van der Waals surface area contributed by atoms with Gasteiger partial charge in [0.05, 0.1) is 0 Å². The summed E-state index contributed by atoms with van der Waals surface area (Å²) in [5.74, 6) is 0. The molecule has 0 spiro atoms. The zero-order valence-electron chi connectivity index (χ0n) is 2.03. The van der Waals surface area contributed by atoms with Crippen molar-refractivity contribution in [2.45, 2.75) is 0 Å². The van der Waals surface area contributed by atoms with Crippen molar-refractivity contribution in [2.75, 3.05) is 0 Å². The minimum absolute atomic E-state index is 0. The fraction of sp³-hybridized carbons (Fsp3) is 0. The quantitative estimate of drug-likeness (QED) is 0.521. The normalized spacial score (nSPS) is 0. The van der Waals surface area contributed by atoms with Crippen LogP contribution in [0.2, 0.25) is 0 Å². The Kier molecular flexibility index (Phi) is 211. The fourth-order valence-electron chi connectivity index (χ4n) is 0. The molecule has 0 aliphatic rings. The summed E-state index contributed by atoms with van der Waals surface area (Å²) in [4.78, 5) is 0. The Morgan fingerprint density at radius 3 is 0.800 bits per heavy atom. The van der Waals surface area contributed by atoms with E-state index >= 15 is 0 Å². The van der Waals surface area contributed by atoms with Crippen LogP contribution in [0, 0.1) is 41.7 Å². The summed E-state index contributed by atoms with van der Waals surface area (Å²) in [6.07, 6.45) is 0. The summed E-state index contributed by atoms with van der Waals surface area (Å²) >= 11 is 0. The van der Waals surface area contributed by atoms with Gasteiger partial charge in [0.25, 0.3) is 0 Å². The second kappa shape index (κ2) is 26.4. The van der Waals surface area contributed by atoms with Crippen LogP contribution < -0.4 is 0 Å². The van der Waals surface area contributed by atoms with E-state index in [4.69, 9.17) is 0 Å². The van der Waals surface area contributed by atoms with Crippen LogP contribution in [0.1, 0.15) is 0 Å². The van der Waals surface area contributed by atoms with Gasteiger partial charge in [0.2, 0.25) is 0 Å². The molecule has 0 aliphatic heterocycles. The van der Waals surface area contributed by atoms with Crippen molar-refractivity contribution in [3.8, 4) is 0 Å². The molecule has 0 nitrogen and oxygen atoms in total. The van der Waals surface area contributed by atoms with Gasteiger partial charge in [-0.1, -0.05) is 0 Å². The van der Waals surface area contributed by atoms with Crippen LogP contribution >= 0.6 is 34.0 Å². The van der Waals surface area contributed by atoms with Gasteiger partial charge in [-0.05, 0) is 0 Å². The predicted octanol–water partition coefficient (Wildman–Crippen LogP) is 1.15. The Labute approximate surface area is 107 Å². The van der Waals surface area contributed by atoms with Crippen molar-refractivity contribution in [1.29, 1.82) is 0 Å². The third-order valence-corrected chi connectivity index (χ3v) is 0. The maximum absolute atomic E-state index is 0. The van der Waals surface area contributed by atoms with E-state index in [1.807, 2.05) is 0 Å². The van der Waals surface area contributed by atoms with Crippen molar-refractivity contribution in [3.05, 3.63) is 0 Å². The van der Waals surface area contributed by atoms with Crippen molar-refractivity contribution < 1.29 is 75.6 Å². The van der Waals surface area contributed by atoms with Crippen LogP contribution in [0.15, 0.2) is 0 Å². The standard InChI is InChI=1S/2BrH.Ce.Co.Mn/h2*1H;;;. The number of hydrogen-bond acceptors (Lipinski definition) is 0. The first-order valence-electron chi connectivity index (χ1n) is 0. The molecule has 5 heteroatoms. The number of rotatable bonds is 0. The molecule has 36 valence electrons. The molecule has 0 aromatic heterocycles. The predicted molar refractivity (Wildman–Crippen MR) is 20.6 cm³/mol. The monoisotopic (exact) mass is 414 g/mol. The molecule has 0 aromatic carbocycles. The molecule has 0 aromatic rings. The first-order valence-corrected chi connectivity index (χ1v) is 0. The molecule has 5 heavy (non-hydrogen) atoms. The van der Waals surface area contributed by atoms with Gasteiger partial charge in [-0.25, -0.2) is 0 Å². The van der Waals surface area contributed by atoms with Crippen LogP contribution in [0.3, 0.4) is 0 Å². The Bertz CT molecular complexity index is 9.61. The van der Waals surface area contributed by atoms with E-state index in [1.54, 1.807) is 0 Å². The molecule has 0 bridgehead atoms. The van der Waals surface area contributed by atoms with Gasteiger partial charge in [-0.3, -0.25) is 0 Å². The second-order valence-electron chi connectivity index (χ2n) is 0. The Morgan fingerprint density at radius 2 is 0.800 bits per heavy atom. The average Bonchev–Trinajstić information content (AvgIpc) is 0. The maximum atomic E-state index is 0. The molecule has 0 heterocycles. The molecule has 0 rings (SSSR count). The minimum atomic E-state index is 0. The summed E-state index contributed by atoms with van der Waals surface area (Å²) in [6.45, 7) is 0. The smallest absolute Gasteiger partial charge is 0 e. The molecule has 0 aliphatic carbocycles. The van der Waals surface area contributed by atoms with Crippen LogP contribution in [0.25, 0.3) is 0 Å². The summed E-state index contributed by atoms with van der Waals surface area (Å²) in [7, 11) is 0. The molecular weight excluding hydrogens is 414 g/mol. The first-order chi connectivity index (χ1) is 0. The molecule has 0 fully saturated rings. The Hall–Kier alpha value is 3.36. The van der Waals surface area contributed by atoms with E-state index in [0.717, 1.165) is 0 Å². The molecule has 0 atom stereocenters. The topological polar surface area (TPSA) is 0 Å². The van der Waals surface area contributed by atoms with Gasteiger partial charge >= 0.3 is 0 Å². The van der Waals surface area contributed by atoms with Crippen molar-refractivity contribution in [2.24, 2.45) is 0 Å². The summed E-state index contributed by atoms with van der Waals surface area (Å²) < 4.78 is 0. The van der Waals surface area contributed by atoms with Gasteiger partial charge in [0.15, 0.2) is 0 Å². The van der Waals surface area contributed by atoms with Gasteiger partial charge in [0.1, 0.15) is 0 Å². The largest absolute Gasteiger partial charge is 0.114 e. The SMILES string of the molecule is Br.Br.[Ce].[Co].[Mn]. The zero-order chi connectivity index (χ0) is 0. The molecule has 0 amide bonds. The van der Waals surface area contributed by atoms with Gasteiger partial charge < -0.3 is 0 Å². The summed E-state index contributed by atoms with van der Waals surface area (Å²) in [6, 6.07) is 0. The molecule has 0 N–H and O–H groups in total. The van der Waals surface area contributed by atoms with Gasteiger partial charge in [-0.15, -0.1) is 34.0 Å². The molecule has 0 unspecified atom stereocenters. The molecular formula is H2Br2CeCoMn. The summed E-state index contributed by atoms with van der Waals surface area (Å²) in [5.41, 5.74) is 0. The van der Waals surface area contributed by atoms with E-state index in [-0.39, 0.29) is 110 Å². The van der Waals surface area contributed by atoms with Gasteiger partial charge in [0, 0.05) is 75.6 Å². The van der Waals surface area contributed by atoms with Crippen LogP contribution in [-0.4, -0.2) is 0 Å². The van der Waals surface area contributed by atoms with E-state index in [9.17, 15) is 0 Å². The van der Waals surface area contributed by atoms with Crippen LogP contribution in [0.5, 0.6) is 0 Å². The van der Waals surface area contributed by atoms with Crippen LogP contribution in [0.4, 0.5) is 0 Å². The molecule has 0 saturated heterocycles. The third-order valence-electron chi connectivity index (χ3n) is 0. The second-order valence-corrected chi connectivity index (χ2v) is 0. The summed E-state index contributed by atoms with van der Waals surface area (Å²) in [5, 5.41) is 0. The first kappa shape index (κ1) is 40.1. The van der Waals surface area contributed by atoms with E-state index < -0.39 is 0 Å². The zero-order valence-corrected chi connectivity index (χ0v) is 10.8. The van der Waals surface area contributed by atoms with E-state index in [0.29, 0.717) is 0 Å². The van der Waals surface area contributed by atoms with E-state index in [2.05, 4.69) is 0 Å². The molecule has 2 radical (unpaired) electrons. The number of hydrogen-bond donors (Lipinski definition) is 0. The van der Waals surface area contributed by atoms with Gasteiger partial charge in [-0.2, -0.15) is 0 Å². The minimum Gasteiger partial charge on any atom is -0.114 e. The average molecular weight is 416 g/mol. The van der Waals surface area contributed by atoms with E-state index in [1.165, 1.54) is 0 Å². The van der Waals surface area contributed by atoms with Crippen LogP contribution in [-0.2, 0) is 33.8 Å².